The first-order valence-corrected chi connectivity index (χ1v) is 9.33. The number of hydrogen-bond acceptors (Lipinski definition) is 4. The van der Waals surface area contributed by atoms with Crippen LogP contribution in [0.1, 0.15) is 39.5 Å². The first-order chi connectivity index (χ1) is 9.22. The minimum absolute atomic E-state index is 0.00567. The number of amides is 1. The molecule has 116 valence electrons. The summed E-state index contributed by atoms with van der Waals surface area (Å²) < 4.78 is 22.4. The van der Waals surface area contributed by atoms with Crippen molar-refractivity contribution < 1.29 is 13.2 Å². The van der Waals surface area contributed by atoms with Gasteiger partial charge in [-0.25, -0.2) is 8.42 Å². The fraction of sp³-hybridized carbons (Fsp3) is 0.929. The number of carbonyl (C=O) groups excluding carboxylic acids is 1. The highest BCUT2D eigenvalue weighted by molar-refractivity contribution is 7.92. The quantitative estimate of drug-likeness (QED) is 0.788. The predicted octanol–water partition coefficient (Wildman–Crippen LogP) is 0.800. The summed E-state index contributed by atoms with van der Waals surface area (Å²) >= 11 is 0. The van der Waals surface area contributed by atoms with Crippen LogP contribution in [-0.2, 0) is 14.6 Å². The van der Waals surface area contributed by atoms with Crippen LogP contribution < -0.4 is 5.32 Å². The van der Waals surface area contributed by atoms with Crippen LogP contribution in [0.3, 0.4) is 0 Å². The van der Waals surface area contributed by atoms with Crippen molar-refractivity contribution in [3.8, 4) is 0 Å². The van der Waals surface area contributed by atoms with E-state index in [2.05, 4.69) is 10.2 Å². The molecule has 2 rings (SSSR count). The van der Waals surface area contributed by atoms with E-state index >= 15 is 0 Å². The van der Waals surface area contributed by atoms with E-state index < -0.39 is 14.6 Å². The number of hydrogen-bond donors (Lipinski definition) is 1. The molecule has 0 aromatic carbocycles. The maximum atomic E-state index is 12.4. The van der Waals surface area contributed by atoms with Gasteiger partial charge < -0.3 is 5.32 Å². The molecule has 5 nitrogen and oxygen atoms in total. The van der Waals surface area contributed by atoms with Gasteiger partial charge in [0.15, 0.2) is 9.84 Å². The van der Waals surface area contributed by atoms with Crippen LogP contribution in [0.25, 0.3) is 0 Å². The topological polar surface area (TPSA) is 66.5 Å². The van der Waals surface area contributed by atoms with Crippen molar-refractivity contribution in [1.29, 1.82) is 0 Å². The van der Waals surface area contributed by atoms with E-state index in [1.807, 2.05) is 0 Å². The highest BCUT2D eigenvalue weighted by Gasteiger charge is 2.41. The number of rotatable bonds is 6. The van der Waals surface area contributed by atoms with Gasteiger partial charge in [0, 0.05) is 12.8 Å². The summed E-state index contributed by atoms with van der Waals surface area (Å²) in [5.41, 5.74) is 0. The molecule has 2 aliphatic rings. The molecule has 1 heterocycles. The van der Waals surface area contributed by atoms with Gasteiger partial charge in [-0.1, -0.05) is 0 Å². The fourth-order valence-electron chi connectivity index (χ4n) is 2.65. The number of nitrogens with one attached hydrogen (secondary N) is 1. The lowest BCUT2D eigenvalue weighted by atomic mass is 10.1. The third-order valence-electron chi connectivity index (χ3n) is 4.56. The molecule has 1 N–H and O–H groups in total. The van der Waals surface area contributed by atoms with Crippen LogP contribution in [-0.4, -0.2) is 55.9 Å². The molecule has 0 radical (unpaired) electrons. The Hall–Kier alpha value is -0.620. The van der Waals surface area contributed by atoms with Gasteiger partial charge in [-0.2, -0.15) is 0 Å². The summed E-state index contributed by atoms with van der Waals surface area (Å²) in [7, 11) is -3.18. The molecule has 0 aromatic rings. The molecular weight excluding hydrogens is 276 g/mol. The minimum Gasteiger partial charge on any atom is -0.353 e. The summed E-state index contributed by atoms with van der Waals surface area (Å²) in [6.07, 6.45) is 5.77. The lowest BCUT2D eigenvalue weighted by molar-refractivity contribution is -0.126. The van der Waals surface area contributed by atoms with E-state index in [4.69, 9.17) is 0 Å². The van der Waals surface area contributed by atoms with E-state index in [9.17, 15) is 13.2 Å². The van der Waals surface area contributed by atoms with Gasteiger partial charge in [0.25, 0.3) is 0 Å². The molecule has 0 bridgehead atoms. The zero-order valence-corrected chi connectivity index (χ0v) is 13.5. The molecule has 0 unspecified atom stereocenters. The van der Waals surface area contributed by atoms with E-state index in [0.717, 1.165) is 38.8 Å². The summed E-state index contributed by atoms with van der Waals surface area (Å²) in [5.74, 6) is 0.473. The molecule has 1 amide bonds. The largest absolute Gasteiger partial charge is 0.353 e. The van der Waals surface area contributed by atoms with Gasteiger partial charge >= 0.3 is 0 Å². The van der Waals surface area contributed by atoms with Crippen molar-refractivity contribution in [2.75, 3.05) is 25.9 Å². The Morgan fingerprint density at radius 3 is 2.30 bits per heavy atom. The van der Waals surface area contributed by atoms with E-state index in [1.165, 1.54) is 6.26 Å². The first kappa shape index (κ1) is 15.8. The summed E-state index contributed by atoms with van der Waals surface area (Å²) in [6.45, 7) is 5.48. The average molecular weight is 302 g/mol. The van der Waals surface area contributed by atoms with Crippen molar-refractivity contribution >= 4 is 15.7 Å². The van der Waals surface area contributed by atoms with Crippen molar-refractivity contribution in [3.05, 3.63) is 0 Å². The number of nitrogens with zero attached hydrogens (tertiary/aromatic N) is 1. The van der Waals surface area contributed by atoms with Crippen molar-refractivity contribution in [2.45, 2.75) is 50.3 Å². The van der Waals surface area contributed by atoms with Crippen LogP contribution in [0.5, 0.6) is 0 Å². The maximum absolute atomic E-state index is 12.4. The van der Waals surface area contributed by atoms with Gasteiger partial charge in [-0.3, -0.25) is 9.69 Å². The predicted molar refractivity (Wildman–Crippen MR) is 79.3 cm³/mol. The molecule has 1 aliphatic heterocycles. The molecule has 20 heavy (non-hydrogen) atoms. The van der Waals surface area contributed by atoms with Crippen molar-refractivity contribution in [1.82, 2.24) is 10.2 Å². The Bertz CT molecular complexity index is 463. The smallest absolute Gasteiger partial charge is 0.237 e. The van der Waals surface area contributed by atoms with Crippen LogP contribution in [0.4, 0.5) is 0 Å². The minimum atomic E-state index is -3.18. The SMILES string of the molecule is CC(C)(CNC(=O)[C@H](C1CC1)N1CCCC1)S(C)(=O)=O. The second-order valence-electron chi connectivity index (χ2n) is 6.78. The summed E-state index contributed by atoms with van der Waals surface area (Å²) in [6, 6.07) is -0.0483. The van der Waals surface area contributed by atoms with Gasteiger partial charge in [-0.05, 0) is 58.5 Å². The van der Waals surface area contributed by atoms with Crippen LogP contribution >= 0.6 is 0 Å². The molecule has 1 aliphatic carbocycles. The molecule has 6 heteroatoms. The van der Waals surface area contributed by atoms with Gasteiger partial charge in [0.05, 0.1) is 10.8 Å². The third-order valence-corrected chi connectivity index (χ3v) is 6.72. The molecule has 1 saturated heterocycles. The zero-order chi connectivity index (χ0) is 15.0. The highest BCUT2D eigenvalue weighted by Crippen LogP contribution is 2.36. The monoisotopic (exact) mass is 302 g/mol. The van der Waals surface area contributed by atoms with E-state index in [1.54, 1.807) is 13.8 Å². The highest BCUT2D eigenvalue weighted by atomic mass is 32.2. The summed E-state index contributed by atoms with van der Waals surface area (Å²) in [4.78, 5) is 14.7. The van der Waals surface area contributed by atoms with Crippen LogP contribution in [0.2, 0.25) is 0 Å². The normalized spacial score (nSPS) is 22.8. The Labute approximate surface area is 122 Å². The van der Waals surface area contributed by atoms with E-state index in [-0.39, 0.29) is 18.5 Å². The van der Waals surface area contributed by atoms with Crippen molar-refractivity contribution in [3.63, 3.8) is 0 Å². The Kier molecular flexibility index (Phi) is 4.44. The molecule has 1 saturated carbocycles. The lowest BCUT2D eigenvalue weighted by Gasteiger charge is -2.29. The first-order valence-electron chi connectivity index (χ1n) is 7.44. The lowest BCUT2D eigenvalue weighted by Crippen LogP contribution is -2.51. The number of sulfone groups is 1. The van der Waals surface area contributed by atoms with Gasteiger partial charge in [0.2, 0.25) is 5.91 Å². The second kappa shape index (κ2) is 5.64. The molecule has 1 atom stereocenters. The van der Waals surface area contributed by atoms with E-state index in [0.29, 0.717) is 5.92 Å². The molecular formula is C14H26N2O3S. The molecule has 0 spiro atoms. The molecule has 0 aromatic heterocycles. The van der Waals surface area contributed by atoms with Gasteiger partial charge in [0.1, 0.15) is 0 Å². The standard InChI is InChI=1S/C14H26N2O3S/c1-14(2,20(3,18)19)10-15-13(17)12(11-6-7-11)16-8-4-5-9-16/h11-12H,4-10H2,1-3H3,(H,15,17)/t12-/m0/s1. The summed E-state index contributed by atoms with van der Waals surface area (Å²) in [5, 5.41) is 2.87. The van der Waals surface area contributed by atoms with Crippen molar-refractivity contribution in [2.24, 2.45) is 5.92 Å². The van der Waals surface area contributed by atoms with Crippen LogP contribution in [0.15, 0.2) is 0 Å². The zero-order valence-electron chi connectivity index (χ0n) is 12.7. The Balaban J connectivity index is 1.95. The average Bonchev–Trinajstić information content (AvgIpc) is 3.00. The third kappa shape index (κ3) is 3.52. The van der Waals surface area contributed by atoms with Gasteiger partial charge in [-0.15, -0.1) is 0 Å². The fourth-order valence-corrected chi connectivity index (χ4v) is 2.98. The second-order valence-corrected chi connectivity index (χ2v) is 9.42. The maximum Gasteiger partial charge on any atom is 0.237 e. The molecule has 2 fully saturated rings. The Morgan fingerprint density at radius 1 is 1.30 bits per heavy atom. The number of carbonyl (C=O) groups is 1. The van der Waals surface area contributed by atoms with Crippen LogP contribution in [0, 0.1) is 5.92 Å². The Morgan fingerprint density at radius 2 is 1.85 bits per heavy atom. The number of likely N-dealkylation sites (tertiary alicyclic amines) is 1.